The van der Waals surface area contributed by atoms with E-state index < -0.39 is 121 Å². The Kier molecular flexibility index (Phi) is 19.4. The molecule has 16 heteroatoms. The predicted molar refractivity (Wildman–Crippen MR) is 210 cm³/mol. The Morgan fingerprint density at radius 2 is 1.71 bits per heavy atom. The fraction of sp³-hybridized carbons (Fsp3) is 0.810. The number of carbonyl (C=O) groups is 4. The van der Waals surface area contributed by atoms with E-state index in [9.17, 15) is 34.5 Å². The highest BCUT2D eigenvalue weighted by atomic mass is 16.7. The lowest BCUT2D eigenvalue weighted by Gasteiger charge is -2.50. The van der Waals surface area contributed by atoms with E-state index in [-0.39, 0.29) is 31.6 Å². The molecule has 0 bridgehead atoms. The standard InChI is InChI=1S/C42H69NO15/c1-23(2)19-32(47)56-40-27(6)53-34(22-42(40,8)50)57-37-26(5)54-41(36(49)35(37)43(9)10)58-38-29(17-18-44)20-24(3)30(46)16-14-12-13-15-25(4)52-33(48)21-31(39(38)51-11)55-28(7)45/h12-14,16,18,23-27,29-31,34-41,46,49-50H,15,17,19-22H2,1-11H3/b13-12+,16-14+/t24-,25-,26-,27+,29+,30-,31-,34+,35-,36-,37-,38+,39-,40+,41+,42-/m1/s1. The number of nitrogens with zero attached hydrogens (tertiary/aromatic N) is 1. The minimum absolute atomic E-state index is 0.0460. The maximum atomic E-state index is 13.2. The van der Waals surface area contributed by atoms with Crippen LogP contribution in [-0.2, 0) is 57.1 Å². The first-order valence-corrected chi connectivity index (χ1v) is 20.4. The molecule has 58 heavy (non-hydrogen) atoms. The monoisotopic (exact) mass is 827 g/mol. The van der Waals surface area contributed by atoms with Gasteiger partial charge in [-0.15, -0.1) is 0 Å². The van der Waals surface area contributed by atoms with E-state index in [0.717, 1.165) is 0 Å². The number of likely N-dealkylation sites (N-methyl/N-ethyl adjacent to an activating group) is 1. The highest BCUT2D eigenvalue weighted by Crippen LogP contribution is 2.38. The van der Waals surface area contributed by atoms with Gasteiger partial charge in [-0.25, -0.2) is 0 Å². The Bertz CT molecular complexity index is 1390. The summed E-state index contributed by atoms with van der Waals surface area (Å²) in [6, 6.07) is -0.782. The molecule has 2 fully saturated rings. The van der Waals surface area contributed by atoms with Gasteiger partial charge in [0.25, 0.3) is 0 Å². The van der Waals surface area contributed by atoms with Gasteiger partial charge in [-0.05, 0) is 66.0 Å². The zero-order valence-electron chi connectivity index (χ0n) is 36.1. The molecular formula is C42H69NO15. The lowest BCUT2D eigenvalue weighted by Crippen LogP contribution is -2.66. The predicted octanol–water partition coefficient (Wildman–Crippen LogP) is 3.01. The third kappa shape index (κ3) is 14.2. The molecule has 0 spiro atoms. The molecule has 3 heterocycles. The van der Waals surface area contributed by atoms with Gasteiger partial charge in [0.2, 0.25) is 0 Å². The van der Waals surface area contributed by atoms with Gasteiger partial charge >= 0.3 is 17.9 Å². The lowest BCUT2D eigenvalue weighted by molar-refractivity contribution is -0.344. The topological polar surface area (TPSA) is 206 Å². The molecule has 0 aromatic heterocycles. The second-order valence-corrected chi connectivity index (χ2v) is 17.0. The van der Waals surface area contributed by atoms with Crippen LogP contribution >= 0.6 is 0 Å². The SMILES string of the molecule is CO[C@H]1[C@@H](O[C@@H]2O[C@H](C)[C@@H](O[C@H]3C[C@@](C)(O)[C@@H](OC(=O)CC(C)C)[C@H](C)O3)[C@H](N(C)C)[C@H]2O)[C@@H](CC=O)C[C@@H](C)[C@H](O)/C=C/C=C/C[C@@H](C)OC(=O)C[C@H]1OC(C)=O. The van der Waals surface area contributed by atoms with Crippen LogP contribution in [0.15, 0.2) is 24.3 Å². The van der Waals surface area contributed by atoms with Crippen molar-refractivity contribution in [3.63, 3.8) is 0 Å². The summed E-state index contributed by atoms with van der Waals surface area (Å²) in [7, 11) is 4.86. The molecule has 0 unspecified atom stereocenters. The average molecular weight is 828 g/mol. The number of hydrogen-bond acceptors (Lipinski definition) is 16. The summed E-state index contributed by atoms with van der Waals surface area (Å²) >= 11 is 0. The molecule has 0 radical (unpaired) electrons. The smallest absolute Gasteiger partial charge is 0.309 e. The van der Waals surface area contributed by atoms with Crippen molar-refractivity contribution in [2.24, 2.45) is 17.8 Å². The largest absolute Gasteiger partial charge is 0.462 e. The van der Waals surface area contributed by atoms with Gasteiger partial charge in [0.05, 0.1) is 36.9 Å². The van der Waals surface area contributed by atoms with E-state index >= 15 is 0 Å². The summed E-state index contributed by atoms with van der Waals surface area (Å²) in [6.45, 7) is 13.5. The third-order valence-corrected chi connectivity index (χ3v) is 10.9. The van der Waals surface area contributed by atoms with Crippen LogP contribution in [-0.4, -0.2) is 151 Å². The Balaban J connectivity index is 1.98. The fourth-order valence-corrected chi connectivity index (χ4v) is 8.08. The molecule has 0 aliphatic carbocycles. The summed E-state index contributed by atoms with van der Waals surface area (Å²) in [6.07, 6.45) is -4.11. The van der Waals surface area contributed by atoms with Crippen LogP contribution in [0, 0.1) is 17.8 Å². The second kappa shape index (κ2) is 22.7. The van der Waals surface area contributed by atoms with Crippen LogP contribution in [0.4, 0.5) is 0 Å². The summed E-state index contributed by atoms with van der Waals surface area (Å²) in [5, 5.41) is 34.6. The van der Waals surface area contributed by atoms with Crippen molar-refractivity contribution < 1.29 is 72.4 Å². The number of cyclic esters (lactones) is 1. The van der Waals surface area contributed by atoms with Crippen molar-refractivity contribution in [1.29, 1.82) is 0 Å². The van der Waals surface area contributed by atoms with Crippen LogP contribution in [0.1, 0.15) is 93.9 Å². The number of carbonyl (C=O) groups excluding carboxylic acids is 4. The molecule has 0 aromatic carbocycles. The van der Waals surface area contributed by atoms with Crippen molar-refractivity contribution in [3.05, 3.63) is 24.3 Å². The van der Waals surface area contributed by atoms with E-state index in [0.29, 0.717) is 12.7 Å². The van der Waals surface area contributed by atoms with Crippen LogP contribution in [0.5, 0.6) is 0 Å². The molecule has 3 aliphatic rings. The number of esters is 3. The van der Waals surface area contributed by atoms with Gasteiger partial charge in [0.15, 0.2) is 18.7 Å². The van der Waals surface area contributed by atoms with E-state index in [1.54, 1.807) is 71.0 Å². The van der Waals surface area contributed by atoms with Gasteiger partial charge in [-0.1, -0.05) is 45.1 Å². The van der Waals surface area contributed by atoms with Crippen molar-refractivity contribution in [3.8, 4) is 0 Å². The highest BCUT2D eigenvalue weighted by Gasteiger charge is 2.53. The number of rotatable bonds is 12. The Morgan fingerprint density at radius 1 is 1.02 bits per heavy atom. The Labute approximate surface area is 343 Å². The molecular weight excluding hydrogens is 758 g/mol. The van der Waals surface area contributed by atoms with E-state index in [1.165, 1.54) is 14.0 Å². The number of aldehydes is 1. The summed E-state index contributed by atoms with van der Waals surface area (Å²) in [5.74, 6) is -2.82. The van der Waals surface area contributed by atoms with Gasteiger partial charge in [-0.3, -0.25) is 14.4 Å². The normalized spacial score (nSPS) is 40.7. The molecule has 0 saturated carbocycles. The van der Waals surface area contributed by atoms with Crippen LogP contribution < -0.4 is 0 Å². The Morgan fingerprint density at radius 3 is 2.29 bits per heavy atom. The van der Waals surface area contributed by atoms with E-state index in [1.807, 2.05) is 20.8 Å². The number of aliphatic hydroxyl groups is 3. The van der Waals surface area contributed by atoms with E-state index in [2.05, 4.69) is 0 Å². The van der Waals surface area contributed by atoms with Crippen molar-refractivity contribution in [2.45, 2.75) is 179 Å². The number of methoxy groups -OCH3 is 1. The lowest BCUT2D eigenvalue weighted by atomic mass is 9.82. The summed E-state index contributed by atoms with van der Waals surface area (Å²) < 4.78 is 48.6. The van der Waals surface area contributed by atoms with Crippen LogP contribution in [0.2, 0.25) is 0 Å². The maximum Gasteiger partial charge on any atom is 0.309 e. The molecule has 0 aromatic rings. The maximum absolute atomic E-state index is 13.2. The zero-order chi connectivity index (χ0) is 43.5. The molecule has 3 N–H and O–H groups in total. The first kappa shape index (κ1) is 49.6. The number of allylic oxidation sites excluding steroid dienone is 2. The molecule has 332 valence electrons. The summed E-state index contributed by atoms with van der Waals surface area (Å²) in [4.78, 5) is 52.3. The first-order chi connectivity index (χ1) is 27.2. The quantitative estimate of drug-likeness (QED) is 0.147. The minimum Gasteiger partial charge on any atom is -0.462 e. The summed E-state index contributed by atoms with van der Waals surface area (Å²) in [5.41, 5.74) is -1.50. The second-order valence-electron chi connectivity index (χ2n) is 17.0. The third-order valence-electron chi connectivity index (χ3n) is 10.9. The highest BCUT2D eigenvalue weighted by molar-refractivity contribution is 5.72. The van der Waals surface area contributed by atoms with Crippen molar-refractivity contribution >= 4 is 24.2 Å². The van der Waals surface area contributed by atoms with Crippen molar-refractivity contribution in [1.82, 2.24) is 4.90 Å². The van der Waals surface area contributed by atoms with Gasteiger partial charge < -0.3 is 62.9 Å². The van der Waals surface area contributed by atoms with Crippen LogP contribution in [0.25, 0.3) is 0 Å². The fourth-order valence-electron chi connectivity index (χ4n) is 8.08. The zero-order valence-corrected chi connectivity index (χ0v) is 36.1. The van der Waals surface area contributed by atoms with Gasteiger partial charge in [-0.2, -0.15) is 0 Å². The van der Waals surface area contributed by atoms with E-state index in [4.69, 9.17) is 37.9 Å². The molecule has 3 aliphatic heterocycles. The van der Waals surface area contributed by atoms with Gasteiger partial charge in [0, 0.05) is 39.7 Å². The minimum atomic E-state index is -1.50. The molecule has 16 atom stereocenters. The molecule has 16 nitrogen and oxygen atoms in total. The van der Waals surface area contributed by atoms with Crippen molar-refractivity contribution in [2.75, 3.05) is 21.2 Å². The average Bonchev–Trinajstić information content (AvgIpc) is 3.09. The van der Waals surface area contributed by atoms with Crippen LogP contribution in [0.3, 0.4) is 0 Å². The number of ether oxygens (including phenoxy) is 8. The first-order valence-electron chi connectivity index (χ1n) is 20.4. The number of aliphatic hydroxyl groups excluding tert-OH is 2. The Hall–Kier alpha value is -2.80. The van der Waals surface area contributed by atoms with Gasteiger partial charge in [0.1, 0.15) is 42.4 Å². The number of hydrogen-bond donors (Lipinski definition) is 3. The molecule has 0 amide bonds. The molecule has 3 rings (SSSR count). The molecule has 2 saturated heterocycles.